The van der Waals surface area contributed by atoms with Crippen molar-refractivity contribution in [3.8, 4) is 17.0 Å². The van der Waals surface area contributed by atoms with Gasteiger partial charge in [-0.2, -0.15) is 5.10 Å². The number of nitrogens with one attached hydrogen (secondary N) is 3. The average Bonchev–Trinajstić information content (AvgIpc) is 3.16. The van der Waals surface area contributed by atoms with E-state index in [4.69, 9.17) is 0 Å². The second-order valence-corrected chi connectivity index (χ2v) is 5.69. The Labute approximate surface area is 154 Å². The third kappa shape index (κ3) is 4.30. The minimum absolute atomic E-state index is 0.110. The Bertz CT molecular complexity index is 954. The summed E-state index contributed by atoms with van der Waals surface area (Å²) in [6.07, 6.45) is 1.38. The molecule has 1 heterocycles. The molecule has 3 rings (SSSR count). The second kappa shape index (κ2) is 8.13. The number of rotatable bonds is 6. The van der Waals surface area contributed by atoms with Gasteiger partial charge >= 0.3 is 0 Å². The number of carbonyl (C=O) groups excluding carboxylic acids is 2. The van der Waals surface area contributed by atoms with E-state index >= 15 is 0 Å². The van der Waals surface area contributed by atoms with Crippen LogP contribution in [0.5, 0.6) is 5.75 Å². The van der Waals surface area contributed by atoms with E-state index in [1.165, 1.54) is 30.5 Å². The molecule has 0 aliphatic rings. The summed E-state index contributed by atoms with van der Waals surface area (Å²) in [5, 5.41) is 21.5. The van der Waals surface area contributed by atoms with Crippen molar-refractivity contribution in [3.05, 3.63) is 71.7 Å². The standard InChI is InChI=1S/C19H17FN4O3/c20-13-7-5-12(6-8-13)17-15(11-23-24-17)19(27)22-10-9-21-18(26)14-3-1-2-4-16(14)25/h1-8,11,25H,9-10H2,(H,21,26)(H,22,27)(H,23,24). The van der Waals surface area contributed by atoms with Crippen molar-refractivity contribution in [1.82, 2.24) is 20.8 Å². The predicted octanol–water partition coefficient (Wildman–Crippen LogP) is 2.08. The molecule has 8 heteroatoms. The number of phenolic OH excluding ortho intramolecular Hbond substituents is 1. The lowest BCUT2D eigenvalue weighted by Crippen LogP contribution is -2.34. The fraction of sp³-hybridized carbons (Fsp3) is 0.105. The molecule has 0 aliphatic heterocycles. The lowest BCUT2D eigenvalue weighted by Gasteiger charge is -2.08. The number of aromatic amines is 1. The molecule has 0 fully saturated rings. The molecule has 1 aromatic heterocycles. The molecule has 0 bridgehead atoms. The summed E-state index contributed by atoms with van der Waals surface area (Å²) in [5.74, 6) is -1.29. The minimum atomic E-state index is -0.433. The molecule has 0 aliphatic carbocycles. The highest BCUT2D eigenvalue weighted by molar-refractivity contribution is 6.00. The molecule has 0 unspecified atom stereocenters. The Morgan fingerprint density at radius 1 is 0.963 bits per heavy atom. The summed E-state index contributed by atoms with van der Waals surface area (Å²) in [6.45, 7) is 0.370. The minimum Gasteiger partial charge on any atom is -0.507 e. The number of benzene rings is 2. The van der Waals surface area contributed by atoms with Crippen molar-refractivity contribution >= 4 is 11.8 Å². The van der Waals surface area contributed by atoms with Crippen LogP contribution in [0.15, 0.2) is 54.7 Å². The Morgan fingerprint density at radius 2 is 1.59 bits per heavy atom. The van der Waals surface area contributed by atoms with Gasteiger partial charge in [-0.3, -0.25) is 14.7 Å². The number of H-pyrrole nitrogens is 1. The molecular weight excluding hydrogens is 351 g/mol. The fourth-order valence-electron chi connectivity index (χ4n) is 2.50. The number of amides is 2. The maximum Gasteiger partial charge on any atom is 0.255 e. The highest BCUT2D eigenvalue weighted by Crippen LogP contribution is 2.21. The van der Waals surface area contributed by atoms with Gasteiger partial charge in [0.2, 0.25) is 0 Å². The third-order valence-corrected chi connectivity index (χ3v) is 3.86. The molecule has 0 radical (unpaired) electrons. The van der Waals surface area contributed by atoms with E-state index in [-0.39, 0.29) is 36.1 Å². The van der Waals surface area contributed by atoms with Crippen LogP contribution in [0.1, 0.15) is 20.7 Å². The molecular formula is C19H17FN4O3. The van der Waals surface area contributed by atoms with Gasteiger partial charge in [-0.15, -0.1) is 0 Å². The van der Waals surface area contributed by atoms with Gasteiger partial charge < -0.3 is 15.7 Å². The van der Waals surface area contributed by atoms with Crippen molar-refractivity contribution in [3.63, 3.8) is 0 Å². The molecule has 7 nitrogen and oxygen atoms in total. The van der Waals surface area contributed by atoms with Crippen LogP contribution in [0.2, 0.25) is 0 Å². The van der Waals surface area contributed by atoms with Crippen LogP contribution >= 0.6 is 0 Å². The summed E-state index contributed by atoms with van der Waals surface area (Å²) >= 11 is 0. The Kier molecular flexibility index (Phi) is 5.46. The number of aromatic nitrogens is 2. The number of hydrogen-bond donors (Lipinski definition) is 4. The molecule has 0 saturated heterocycles. The van der Waals surface area contributed by atoms with Gasteiger partial charge in [0.05, 0.1) is 23.0 Å². The van der Waals surface area contributed by atoms with Gasteiger partial charge in [-0.1, -0.05) is 12.1 Å². The van der Waals surface area contributed by atoms with Gasteiger partial charge in [0.25, 0.3) is 11.8 Å². The summed E-state index contributed by atoms with van der Waals surface area (Å²) in [7, 11) is 0. The number of para-hydroxylation sites is 1. The molecule has 2 aromatic carbocycles. The van der Waals surface area contributed by atoms with Crippen molar-refractivity contribution in [2.24, 2.45) is 0 Å². The zero-order chi connectivity index (χ0) is 19.2. The highest BCUT2D eigenvalue weighted by atomic mass is 19.1. The quantitative estimate of drug-likeness (QED) is 0.500. The van der Waals surface area contributed by atoms with Crippen LogP contribution in [0.4, 0.5) is 4.39 Å². The van der Waals surface area contributed by atoms with E-state index in [2.05, 4.69) is 20.8 Å². The van der Waals surface area contributed by atoms with E-state index in [1.807, 2.05) is 0 Å². The first-order chi connectivity index (χ1) is 13.1. The zero-order valence-corrected chi connectivity index (χ0v) is 14.2. The topological polar surface area (TPSA) is 107 Å². The van der Waals surface area contributed by atoms with Crippen LogP contribution in [0.25, 0.3) is 11.3 Å². The summed E-state index contributed by atoms with van der Waals surface area (Å²) in [5.41, 5.74) is 1.59. The Morgan fingerprint density at radius 3 is 2.26 bits per heavy atom. The number of carbonyl (C=O) groups is 2. The number of nitrogens with zero attached hydrogens (tertiary/aromatic N) is 1. The molecule has 3 aromatic rings. The van der Waals surface area contributed by atoms with Gasteiger partial charge in [0, 0.05) is 18.7 Å². The first-order valence-corrected chi connectivity index (χ1v) is 8.20. The van der Waals surface area contributed by atoms with Crippen molar-refractivity contribution in [1.29, 1.82) is 0 Å². The normalized spacial score (nSPS) is 10.4. The lowest BCUT2D eigenvalue weighted by molar-refractivity contribution is 0.0926. The van der Waals surface area contributed by atoms with Crippen LogP contribution in [0.3, 0.4) is 0 Å². The SMILES string of the molecule is O=C(NCCNC(=O)c1cn[nH]c1-c1ccc(F)cc1)c1ccccc1O. The van der Waals surface area contributed by atoms with Gasteiger partial charge in [-0.05, 0) is 36.4 Å². The third-order valence-electron chi connectivity index (χ3n) is 3.86. The smallest absolute Gasteiger partial charge is 0.255 e. The van der Waals surface area contributed by atoms with Crippen molar-refractivity contribution < 1.29 is 19.1 Å². The molecule has 27 heavy (non-hydrogen) atoms. The first-order valence-electron chi connectivity index (χ1n) is 8.20. The van der Waals surface area contributed by atoms with Crippen molar-refractivity contribution in [2.75, 3.05) is 13.1 Å². The summed E-state index contributed by atoms with van der Waals surface area (Å²) in [4.78, 5) is 24.3. The van der Waals surface area contributed by atoms with E-state index in [9.17, 15) is 19.1 Å². The summed E-state index contributed by atoms with van der Waals surface area (Å²) < 4.78 is 13.1. The molecule has 0 atom stereocenters. The first kappa shape index (κ1) is 18.1. The highest BCUT2D eigenvalue weighted by Gasteiger charge is 2.15. The average molecular weight is 368 g/mol. The molecule has 4 N–H and O–H groups in total. The molecule has 0 saturated carbocycles. The van der Waals surface area contributed by atoms with Crippen LogP contribution < -0.4 is 10.6 Å². The van der Waals surface area contributed by atoms with E-state index in [1.54, 1.807) is 24.3 Å². The lowest BCUT2D eigenvalue weighted by atomic mass is 10.1. The number of hydrogen-bond acceptors (Lipinski definition) is 4. The van der Waals surface area contributed by atoms with Crippen LogP contribution in [-0.2, 0) is 0 Å². The van der Waals surface area contributed by atoms with Gasteiger partial charge in [0.1, 0.15) is 11.6 Å². The maximum absolute atomic E-state index is 13.1. The molecule has 0 spiro atoms. The van der Waals surface area contributed by atoms with E-state index in [0.717, 1.165) is 0 Å². The van der Waals surface area contributed by atoms with Crippen molar-refractivity contribution in [2.45, 2.75) is 0 Å². The largest absolute Gasteiger partial charge is 0.507 e. The molecule has 138 valence electrons. The van der Waals surface area contributed by atoms with Crippen LogP contribution in [-0.4, -0.2) is 40.2 Å². The number of aromatic hydroxyl groups is 1. The van der Waals surface area contributed by atoms with E-state index in [0.29, 0.717) is 16.8 Å². The monoisotopic (exact) mass is 368 g/mol. The predicted molar refractivity (Wildman–Crippen MR) is 96.8 cm³/mol. The van der Waals surface area contributed by atoms with E-state index < -0.39 is 5.91 Å². The Balaban J connectivity index is 1.55. The van der Waals surface area contributed by atoms with Crippen LogP contribution in [0, 0.1) is 5.82 Å². The zero-order valence-electron chi connectivity index (χ0n) is 14.2. The number of phenols is 1. The van der Waals surface area contributed by atoms with Gasteiger partial charge in [0.15, 0.2) is 0 Å². The fourth-order valence-corrected chi connectivity index (χ4v) is 2.50. The molecule has 2 amide bonds. The number of halogens is 1. The second-order valence-electron chi connectivity index (χ2n) is 5.69. The summed E-state index contributed by atoms with van der Waals surface area (Å²) in [6, 6.07) is 11.9. The Hall–Kier alpha value is -3.68. The maximum atomic E-state index is 13.1. The van der Waals surface area contributed by atoms with Gasteiger partial charge in [-0.25, -0.2) is 4.39 Å².